The molecule has 0 amide bonds. The quantitative estimate of drug-likeness (QED) is 0.778. The zero-order valence-electron chi connectivity index (χ0n) is 10.7. The van der Waals surface area contributed by atoms with Crippen LogP contribution in [0.5, 0.6) is 0 Å². The van der Waals surface area contributed by atoms with Crippen molar-refractivity contribution >= 4 is 5.69 Å². The SMILES string of the molecule is CCC(C)CN(CC)c1ccc(C#N)cc1F. The molecule has 0 aliphatic heterocycles. The summed E-state index contributed by atoms with van der Waals surface area (Å²) < 4.78 is 13.8. The van der Waals surface area contributed by atoms with Crippen LogP contribution in [0.15, 0.2) is 18.2 Å². The van der Waals surface area contributed by atoms with Crippen LogP contribution in [-0.2, 0) is 0 Å². The zero-order chi connectivity index (χ0) is 12.8. The van der Waals surface area contributed by atoms with Crippen LogP contribution in [0.1, 0.15) is 32.8 Å². The van der Waals surface area contributed by atoms with Crippen molar-refractivity contribution in [2.75, 3.05) is 18.0 Å². The third kappa shape index (κ3) is 3.45. The predicted molar refractivity (Wildman–Crippen MR) is 68.5 cm³/mol. The summed E-state index contributed by atoms with van der Waals surface area (Å²) >= 11 is 0. The second-order valence-electron chi connectivity index (χ2n) is 4.33. The number of rotatable bonds is 5. The summed E-state index contributed by atoms with van der Waals surface area (Å²) in [5, 5.41) is 8.70. The van der Waals surface area contributed by atoms with Crippen molar-refractivity contribution in [3.05, 3.63) is 29.6 Å². The Bertz CT molecular complexity index is 409. The molecule has 1 atom stereocenters. The number of halogens is 1. The number of nitrogens with zero attached hydrogens (tertiary/aromatic N) is 2. The highest BCUT2D eigenvalue weighted by Gasteiger charge is 2.12. The van der Waals surface area contributed by atoms with Gasteiger partial charge in [0.05, 0.1) is 17.3 Å². The minimum atomic E-state index is -0.311. The highest BCUT2D eigenvalue weighted by molar-refractivity contribution is 5.51. The lowest BCUT2D eigenvalue weighted by Crippen LogP contribution is -2.28. The molecule has 1 aromatic carbocycles. The van der Waals surface area contributed by atoms with E-state index in [1.807, 2.05) is 17.9 Å². The molecule has 0 aliphatic rings. The van der Waals surface area contributed by atoms with Crippen molar-refractivity contribution in [2.24, 2.45) is 5.92 Å². The number of hydrogen-bond acceptors (Lipinski definition) is 2. The van der Waals surface area contributed by atoms with Gasteiger partial charge in [-0.05, 0) is 31.0 Å². The van der Waals surface area contributed by atoms with Gasteiger partial charge < -0.3 is 4.90 Å². The Hall–Kier alpha value is -1.56. The maximum atomic E-state index is 13.8. The third-order valence-corrected chi connectivity index (χ3v) is 3.03. The van der Waals surface area contributed by atoms with Crippen molar-refractivity contribution in [3.8, 4) is 6.07 Å². The first-order chi connectivity index (χ1) is 8.12. The van der Waals surface area contributed by atoms with Gasteiger partial charge >= 0.3 is 0 Å². The Kier molecular flexibility index (Phi) is 4.96. The van der Waals surface area contributed by atoms with Crippen LogP contribution in [0.25, 0.3) is 0 Å². The molecule has 3 heteroatoms. The molecule has 0 saturated carbocycles. The monoisotopic (exact) mass is 234 g/mol. The second-order valence-corrected chi connectivity index (χ2v) is 4.33. The Labute approximate surface area is 103 Å². The van der Waals surface area contributed by atoms with Crippen LogP contribution in [0.4, 0.5) is 10.1 Å². The van der Waals surface area contributed by atoms with Crippen LogP contribution in [0, 0.1) is 23.1 Å². The molecule has 0 radical (unpaired) electrons. The number of benzene rings is 1. The summed E-state index contributed by atoms with van der Waals surface area (Å²) in [5.74, 6) is 0.221. The summed E-state index contributed by atoms with van der Waals surface area (Å²) in [6, 6.07) is 6.60. The first-order valence-corrected chi connectivity index (χ1v) is 6.06. The van der Waals surface area contributed by atoms with E-state index in [2.05, 4.69) is 13.8 Å². The van der Waals surface area contributed by atoms with Gasteiger partial charge in [-0.3, -0.25) is 0 Å². The maximum absolute atomic E-state index is 13.8. The molecule has 0 spiro atoms. The molecule has 0 saturated heterocycles. The van der Waals surface area contributed by atoms with Gasteiger partial charge in [0.25, 0.3) is 0 Å². The molecule has 0 N–H and O–H groups in total. The normalized spacial score (nSPS) is 11.9. The maximum Gasteiger partial charge on any atom is 0.147 e. The summed E-state index contributed by atoms with van der Waals surface area (Å²) in [4.78, 5) is 2.02. The van der Waals surface area contributed by atoms with E-state index in [0.29, 0.717) is 17.2 Å². The fourth-order valence-corrected chi connectivity index (χ4v) is 1.74. The van der Waals surface area contributed by atoms with Gasteiger partial charge in [0, 0.05) is 13.1 Å². The standard InChI is InChI=1S/C14H19FN2/c1-4-11(3)10-17(5-2)14-7-6-12(9-16)8-13(14)15/h6-8,11H,4-5,10H2,1-3H3. The number of hydrogen-bond donors (Lipinski definition) is 0. The fourth-order valence-electron chi connectivity index (χ4n) is 1.74. The minimum absolute atomic E-state index is 0.311. The lowest BCUT2D eigenvalue weighted by molar-refractivity contribution is 0.538. The van der Waals surface area contributed by atoms with Crippen LogP contribution >= 0.6 is 0 Å². The topological polar surface area (TPSA) is 27.0 Å². The fraction of sp³-hybridized carbons (Fsp3) is 0.500. The van der Waals surface area contributed by atoms with Crippen LogP contribution in [0.2, 0.25) is 0 Å². The van der Waals surface area contributed by atoms with Crippen molar-refractivity contribution in [3.63, 3.8) is 0 Å². The average Bonchev–Trinajstić information content (AvgIpc) is 2.35. The van der Waals surface area contributed by atoms with Crippen LogP contribution in [0.3, 0.4) is 0 Å². The van der Waals surface area contributed by atoms with Crippen molar-refractivity contribution in [1.82, 2.24) is 0 Å². The summed E-state index contributed by atoms with van der Waals surface area (Å²) in [6.45, 7) is 7.92. The van der Waals surface area contributed by atoms with Gasteiger partial charge in [0.1, 0.15) is 5.82 Å². The molecule has 17 heavy (non-hydrogen) atoms. The van der Waals surface area contributed by atoms with Gasteiger partial charge in [-0.25, -0.2) is 4.39 Å². The molecule has 0 aromatic heterocycles. The van der Waals surface area contributed by atoms with E-state index in [0.717, 1.165) is 19.5 Å². The Balaban J connectivity index is 2.93. The lowest BCUT2D eigenvalue weighted by Gasteiger charge is -2.26. The first-order valence-electron chi connectivity index (χ1n) is 6.06. The molecule has 0 bridgehead atoms. The van der Waals surface area contributed by atoms with Crippen molar-refractivity contribution in [1.29, 1.82) is 5.26 Å². The molecule has 0 heterocycles. The van der Waals surface area contributed by atoms with E-state index in [1.54, 1.807) is 12.1 Å². The largest absolute Gasteiger partial charge is 0.369 e. The van der Waals surface area contributed by atoms with Gasteiger partial charge in [0.2, 0.25) is 0 Å². The van der Waals surface area contributed by atoms with Gasteiger partial charge in [-0.1, -0.05) is 20.3 Å². The number of nitriles is 1. The van der Waals surface area contributed by atoms with Gasteiger partial charge in [0.15, 0.2) is 0 Å². The first kappa shape index (κ1) is 13.5. The van der Waals surface area contributed by atoms with E-state index in [9.17, 15) is 4.39 Å². The lowest BCUT2D eigenvalue weighted by atomic mass is 10.1. The Morgan fingerprint density at radius 3 is 2.59 bits per heavy atom. The molecule has 92 valence electrons. The van der Waals surface area contributed by atoms with Crippen LogP contribution in [-0.4, -0.2) is 13.1 Å². The van der Waals surface area contributed by atoms with Crippen molar-refractivity contribution in [2.45, 2.75) is 27.2 Å². The van der Waals surface area contributed by atoms with Crippen molar-refractivity contribution < 1.29 is 4.39 Å². The second kappa shape index (κ2) is 6.24. The van der Waals surface area contributed by atoms with Gasteiger partial charge in [-0.2, -0.15) is 5.26 Å². The molecule has 1 unspecified atom stereocenters. The average molecular weight is 234 g/mol. The van der Waals surface area contributed by atoms with E-state index in [1.165, 1.54) is 6.07 Å². The Morgan fingerprint density at radius 1 is 1.41 bits per heavy atom. The summed E-state index contributed by atoms with van der Waals surface area (Å²) in [7, 11) is 0. The molecule has 0 aliphatic carbocycles. The summed E-state index contributed by atoms with van der Waals surface area (Å²) in [5.41, 5.74) is 0.956. The molecule has 1 aromatic rings. The molecule has 2 nitrogen and oxygen atoms in total. The zero-order valence-corrected chi connectivity index (χ0v) is 10.7. The summed E-state index contributed by atoms with van der Waals surface area (Å²) in [6.07, 6.45) is 1.08. The predicted octanol–water partition coefficient (Wildman–Crippen LogP) is 3.57. The third-order valence-electron chi connectivity index (χ3n) is 3.03. The molecule has 1 rings (SSSR count). The van der Waals surface area contributed by atoms with E-state index in [-0.39, 0.29) is 5.82 Å². The number of anilines is 1. The van der Waals surface area contributed by atoms with E-state index >= 15 is 0 Å². The smallest absolute Gasteiger partial charge is 0.147 e. The molecular weight excluding hydrogens is 215 g/mol. The highest BCUT2D eigenvalue weighted by Crippen LogP contribution is 2.21. The van der Waals surface area contributed by atoms with Crippen LogP contribution < -0.4 is 4.90 Å². The van der Waals surface area contributed by atoms with Gasteiger partial charge in [-0.15, -0.1) is 0 Å². The molecular formula is C14H19FN2. The minimum Gasteiger partial charge on any atom is -0.369 e. The highest BCUT2D eigenvalue weighted by atomic mass is 19.1. The Morgan fingerprint density at radius 2 is 2.12 bits per heavy atom. The van der Waals surface area contributed by atoms with E-state index in [4.69, 9.17) is 5.26 Å². The molecule has 0 fully saturated rings. The van der Waals surface area contributed by atoms with E-state index < -0.39 is 0 Å².